The second-order valence-corrected chi connectivity index (χ2v) is 2.99. The van der Waals surface area contributed by atoms with Crippen molar-refractivity contribution >= 4 is 11.9 Å². The number of hydrogen-bond acceptors (Lipinski definition) is 2. The van der Waals surface area contributed by atoms with Crippen LogP contribution in [0.15, 0.2) is 25.3 Å². The van der Waals surface area contributed by atoms with Crippen LogP contribution >= 0.6 is 0 Å². The molecular formula is C10H14O4. The molecule has 0 radical (unpaired) electrons. The Hall–Kier alpha value is -1.58. The van der Waals surface area contributed by atoms with Crippen LogP contribution in [-0.4, -0.2) is 22.2 Å². The van der Waals surface area contributed by atoms with Crippen LogP contribution in [0, 0.1) is 11.8 Å². The molecule has 0 bridgehead atoms. The molecule has 4 nitrogen and oxygen atoms in total. The van der Waals surface area contributed by atoms with Crippen LogP contribution in [-0.2, 0) is 9.59 Å². The smallest absolute Gasteiger partial charge is 0.303 e. The van der Waals surface area contributed by atoms with E-state index in [1.54, 1.807) is 0 Å². The number of carbonyl (C=O) groups is 2. The second kappa shape index (κ2) is 5.96. The van der Waals surface area contributed by atoms with Crippen molar-refractivity contribution in [1.82, 2.24) is 0 Å². The van der Waals surface area contributed by atoms with Crippen LogP contribution in [0.25, 0.3) is 0 Å². The van der Waals surface area contributed by atoms with Gasteiger partial charge in [0.25, 0.3) is 0 Å². The monoisotopic (exact) mass is 198 g/mol. The molecule has 0 fully saturated rings. The van der Waals surface area contributed by atoms with E-state index in [9.17, 15) is 9.59 Å². The summed E-state index contributed by atoms with van der Waals surface area (Å²) < 4.78 is 0. The van der Waals surface area contributed by atoms with Gasteiger partial charge < -0.3 is 10.2 Å². The highest BCUT2D eigenvalue weighted by atomic mass is 16.4. The molecule has 0 aromatic heterocycles. The first-order chi connectivity index (χ1) is 6.51. The summed E-state index contributed by atoms with van der Waals surface area (Å²) in [6, 6.07) is 0. The number of carboxylic acid groups (broad SMARTS) is 2. The van der Waals surface area contributed by atoms with Gasteiger partial charge in [-0.15, -0.1) is 13.2 Å². The summed E-state index contributed by atoms with van der Waals surface area (Å²) in [6.45, 7) is 6.97. The van der Waals surface area contributed by atoms with Crippen LogP contribution in [0.4, 0.5) is 0 Å². The lowest BCUT2D eigenvalue weighted by Crippen LogP contribution is -2.17. The Kier molecular flexibility index (Phi) is 5.29. The van der Waals surface area contributed by atoms with Crippen molar-refractivity contribution in [3.8, 4) is 0 Å². The van der Waals surface area contributed by atoms with Crippen molar-refractivity contribution in [3.63, 3.8) is 0 Å². The van der Waals surface area contributed by atoms with Crippen molar-refractivity contribution in [2.75, 3.05) is 0 Å². The highest BCUT2D eigenvalue weighted by molar-refractivity contribution is 5.69. The quantitative estimate of drug-likeness (QED) is 0.608. The van der Waals surface area contributed by atoms with E-state index in [0.29, 0.717) is 0 Å². The zero-order valence-electron chi connectivity index (χ0n) is 7.85. The van der Waals surface area contributed by atoms with Gasteiger partial charge in [0.2, 0.25) is 0 Å². The predicted octanol–water partition coefficient (Wildman–Crippen LogP) is 1.54. The summed E-state index contributed by atoms with van der Waals surface area (Å²) in [5.41, 5.74) is 0. The van der Waals surface area contributed by atoms with Gasteiger partial charge in [-0.25, -0.2) is 0 Å². The Labute approximate surface area is 82.6 Å². The van der Waals surface area contributed by atoms with Crippen molar-refractivity contribution in [1.29, 1.82) is 0 Å². The maximum Gasteiger partial charge on any atom is 0.303 e. The van der Waals surface area contributed by atoms with E-state index in [2.05, 4.69) is 13.2 Å². The number of allylic oxidation sites excluding steroid dienone is 2. The molecule has 0 aliphatic rings. The maximum absolute atomic E-state index is 10.4. The molecule has 0 saturated heterocycles. The van der Waals surface area contributed by atoms with Gasteiger partial charge in [0.1, 0.15) is 0 Å². The average molecular weight is 198 g/mol. The Morgan fingerprint density at radius 3 is 1.43 bits per heavy atom. The fourth-order valence-corrected chi connectivity index (χ4v) is 1.22. The summed E-state index contributed by atoms with van der Waals surface area (Å²) >= 11 is 0. The Morgan fingerprint density at radius 1 is 1.00 bits per heavy atom. The van der Waals surface area contributed by atoms with Gasteiger partial charge >= 0.3 is 11.9 Å². The summed E-state index contributed by atoms with van der Waals surface area (Å²) in [7, 11) is 0. The summed E-state index contributed by atoms with van der Waals surface area (Å²) in [5, 5.41) is 17.1. The molecular weight excluding hydrogens is 184 g/mol. The van der Waals surface area contributed by atoms with E-state index in [-0.39, 0.29) is 24.7 Å². The van der Waals surface area contributed by atoms with Crippen LogP contribution in [0.2, 0.25) is 0 Å². The average Bonchev–Trinajstić information content (AvgIpc) is 2.10. The van der Waals surface area contributed by atoms with Gasteiger partial charge in [-0.1, -0.05) is 12.2 Å². The molecule has 78 valence electrons. The third-order valence-corrected chi connectivity index (χ3v) is 1.98. The molecule has 2 atom stereocenters. The largest absolute Gasteiger partial charge is 0.481 e. The molecule has 2 N–H and O–H groups in total. The van der Waals surface area contributed by atoms with Gasteiger partial charge in [-0.05, 0) is 11.8 Å². The van der Waals surface area contributed by atoms with E-state index < -0.39 is 11.9 Å². The van der Waals surface area contributed by atoms with Crippen LogP contribution in [0.1, 0.15) is 12.8 Å². The van der Waals surface area contributed by atoms with E-state index in [1.165, 1.54) is 12.2 Å². The van der Waals surface area contributed by atoms with Gasteiger partial charge in [0, 0.05) is 0 Å². The van der Waals surface area contributed by atoms with Crippen LogP contribution in [0.3, 0.4) is 0 Å². The zero-order valence-corrected chi connectivity index (χ0v) is 7.85. The van der Waals surface area contributed by atoms with Crippen LogP contribution in [0.5, 0.6) is 0 Å². The van der Waals surface area contributed by atoms with Crippen LogP contribution < -0.4 is 0 Å². The van der Waals surface area contributed by atoms with E-state index in [4.69, 9.17) is 10.2 Å². The van der Waals surface area contributed by atoms with E-state index in [0.717, 1.165) is 0 Å². The molecule has 0 aliphatic heterocycles. The predicted molar refractivity (Wildman–Crippen MR) is 51.9 cm³/mol. The van der Waals surface area contributed by atoms with E-state index in [1.807, 2.05) is 0 Å². The molecule has 0 aromatic rings. The minimum Gasteiger partial charge on any atom is -0.481 e. The fourth-order valence-electron chi connectivity index (χ4n) is 1.22. The number of rotatable bonds is 7. The highest BCUT2D eigenvalue weighted by Gasteiger charge is 2.20. The first-order valence-corrected chi connectivity index (χ1v) is 4.20. The molecule has 0 aliphatic carbocycles. The standard InChI is InChI=1S/C10H14O4/c1-3-7(5-9(11)12)8(4-2)6-10(13)14/h3-4,7-8H,1-2,5-6H2,(H,11,12)(H,13,14)/t7-,8-/m1/s1. The fraction of sp³-hybridized carbons (Fsp3) is 0.400. The maximum atomic E-state index is 10.4. The molecule has 0 heterocycles. The molecule has 0 saturated carbocycles. The van der Waals surface area contributed by atoms with Crippen molar-refractivity contribution in [2.24, 2.45) is 11.8 Å². The first-order valence-electron chi connectivity index (χ1n) is 4.20. The highest BCUT2D eigenvalue weighted by Crippen LogP contribution is 2.21. The van der Waals surface area contributed by atoms with Gasteiger partial charge in [-0.3, -0.25) is 9.59 Å². The minimum atomic E-state index is -0.966. The molecule has 0 aromatic carbocycles. The van der Waals surface area contributed by atoms with Gasteiger partial charge in [0.05, 0.1) is 12.8 Å². The third kappa shape index (κ3) is 4.45. The zero-order chi connectivity index (χ0) is 11.1. The normalized spacial score (nSPS) is 14.0. The lowest BCUT2D eigenvalue weighted by Gasteiger charge is -2.17. The topological polar surface area (TPSA) is 74.6 Å². The van der Waals surface area contributed by atoms with E-state index >= 15 is 0 Å². The summed E-state index contributed by atoms with van der Waals surface area (Å²) in [6.07, 6.45) is 2.69. The molecule has 14 heavy (non-hydrogen) atoms. The van der Waals surface area contributed by atoms with Gasteiger partial charge in [0.15, 0.2) is 0 Å². The van der Waals surface area contributed by atoms with Crippen molar-refractivity contribution in [2.45, 2.75) is 12.8 Å². The van der Waals surface area contributed by atoms with Crippen molar-refractivity contribution in [3.05, 3.63) is 25.3 Å². The Bertz CT molecular complexity index is 219. The lowest BCUT2D eigenvalue weighted by molar-refractivity contribution is -0.140. The SMILES string of the molecule is C=C[C@H](CC(=O)O)[C@H](C=C)CC(=O)O. The summed E-state index contributed by atoms with van der Waals surface area (Å²) in [4.78, 5) is 20.9. The second-order valence-electron chi connectivity index (χ2n) is 2.99. The molecule has 4 heteroatoms. The molecule has 0 unspecified atom stereocenters. The third-order valence-electron chi connectivity index (χ3n) is 1.98. The Morgan fingerprint density at radius 2 is 1.29 bits per heavy atom. The molecule has 0 amide bonds. The minimum absolute atomic E-state index is 0.118. The Balaban J connectivity index is 4.43. The van der Waals surface area contributed by atoms with Crippen molar-refractivity contribution < 1.29 is 19.8 Å². The number of carboxylic acids is 2. The first kappa shape index (κ1) is 12.4. The number of hydrogen-bond donors (Lipinski definition) is 2. The number of aliphatic carboxylic acids is 2. The molecule has 0 spiro atoms. The molecule has 0 rings (SSSR count). The lowest BCUT2D eigenvalue weighted by atomic mass is 9.87. The van der Waals surface area contributed by atoms with Gasteiger partial charge in [-0.2, -0.15) is 0 Å². The summed E-state index contributed by atoms with van der Waals surface area (Å²) in [5.74, 6) is -2.68.